The van der Waals surface area contributed by atoms with Crippen molar-refractivity contribution in [3.8, 4) is 0 Å². The highest BCUT2D eigenvalue weighted by Crippen LogP contribution is 2.48. The maximum atomic E-state index is 11.8. The van der Waals surface area contributed by atoms with Gasteiger partial charge >= 0.3 is 6.09 Å². The van der Waals surface area contributed by atoms with Gasteiger partial charge < -0.3 is 10.1 Å². The molecule has 1 aromatic carbocycles. The second kappa shape index (κ2) is 5.58. The zero-order chi connectivity index (χ0) is 15.7. The van der Waals surface area contributed by atoms with Crippen LogP contribution in [-0.4, -0.2) is 17.7 Å². The van der Waals surface area contributed by atoms with Crippen LogP contribution in [0.3, 0.4) is 0 Å². The molecule has 1 aliphatic carbocycles. The van der Waals surface area contributed by atoms with E-state index in [0.717, 1.165) is 11.4 Å². The maximum absolute atomic E-state index is 11.8. The lowest BCUT2D eigenvalue weighted by Gasteiger charge is -2.22. The Bertz CT molecular complexity index is 516. The molecule has 116 valence electrons. The SMILES string of the molecule is CC(Nc1cccc(NC(=O)OC(C)(C)C)c1)C1(C)CC1. The van der Waals surface area contributed by atoms with Crippen molar-refractivity contribution in [2.75, 3.05) is 10.6 Å². The summed E-state index contributed by atoms with van der Waals surface area (Å²) in [5.74, 6) is 0. The Morgan fingerprint density at radius 1 is 1.29 bits per heavy atom. The van der Waals surface area contributed by atoms with E-state index < -0.39 is 11.7 Å². The molecule has 0 aliphatic heterocycles. The highest BCUT2D eigenvalue weighted by Gasteiger charge is 2.42. The molecule has 0 heterocycles. The number of benzene rings is 1. The number of carbonyl (C=O) groups excluding carboxylic acids is 1. The summed E-state index contributed by atoms with van der Waals surface area (Å²) in [5.41, 5.74) is 1.68. The summed E-state index contributed by atoms with van der Waals surface area (Å²) in [6.45, 7) is 10.1. The van der Waals surface area contributed by atoms with E-state index in [-0.39, 0.29) is 0 Å². The van der Waals surface area contributed by atoms with Crippen LogP contribution in [0.1, 0.15) is 47.5 Å². The van der Waals surface area contributed by atoms with Crippen LogP contribution in [0.2, 0.25) is 0 Å². The van der Waals surface area contributed by atoms with Crippen LogP contribution in [0.5, 0.6) is 0 Å². The third-order valence-electron chi connectivity index (χ3n) is 3.98. The van der Waals surface area contributed by atoms with Crippen LogP contribution in [0, 0.1) is 5.41 Å². The predicted octanol–water partition coefficient (Wildman–Crippen LogP) is 4.63. The first kappa shape index (κ1) is 15.7. The number of hydrogen-bond donors (Lipinski definition) is 2. The molecule has 1 aromatic rings. The molecular weight excluding hydrogens is 264 g/mol. The Labute approximate surface area is 127 Å². The van der Waals surface area contributed by atoms with Gasteiger partial charge in [-0.2, -0.15) is 0 Å². The van der Waals surface area contributed by atoms with Gasteiger partial charge in [-0.3, -0.25) is 5.32 Å². The largest absolute Gasteiger partial charge is 0.444 e. The molecule has 4 nitrogen and oxygen atoms in total. The lowest BCUT2D eigenvalue weighted by molar-refractivity contribution is 0.0636. The topological polar surface area (TPSA) is 50.4 Å². The molecule has 0 spiro atoms. The average molecular weight is 290 g/mol. The van der Waals surface area contributed by atoms with E-state index in [4.69, 9.17) is 4.74 Å². The minimum atomic E-state index is -0.491. The van der Waals surface area contributed by atoms with Gasteiger partial charge in [0.1, 0.15) is 5.60 Å². The van der Waals surface area contributed by atoms with Crippen molar-refractivity contribution in [2.24, 2.45) is 5.41 Å². The van der Waals surface area contributed by atoms with Crippen LogP contribution in [0.25, 0.3) is 0 Å². The molecule has 1 amide bonds. The third-order valence-corrected chi connectivity index (χ3v) is 3.98. The molecule has 1 fully saturated rings. The number of hydrogen-bond acceptors (Lipinski definition) is 3. The van der Waals surface area contributed by atoms with E-state index in [1.165, 1.54) is 12.8 Å². The molecule has 21 heavy (non-hydrogen) atoms. The van der Waals surface area contributed by atoms with Crippen molar-refractivity contribution in [1.82, 2.24) is 0 Å². The van der Waals surface area contributed by atoms with E-state index in [2.05, 4.69) is 24.5 Å². The van der Waals surface area contributed by atoms with E-state index in [1.54, 1.807) is 0 Å². The first-order chi connectivity index (χ1) is 9.68. The molecule has 1 unspecified atom stereocenters. The second-order valence-corrected chi connectivity index (χ2v) is 7.23. The lowest BCUT2D eigenvalue weighted by Crippen LogP contribution is -2.27. The van der Waals surface area contributed by atoms with Crippen molar-refractivity contribution in [3.63, 3.8) is 0 Å². The van der Waals surface area contributed by atoms with Crippen molar-refractivity contribution in [3.05, 3.63) is 24.3 Å². The molecule has 1 saturated carbocycles. The Balaban J connectivity index is 1.96. The molecule has 2 N–H and O–H groups in total. The second-order valence-electron chi connectivity index (χ2n) is 7.23. The number of ether oxygens (including phenoxy) is 1. The first-order valence-electron chi connectivity index (χ1n) is 7.55. The zero-order valence-corrected chi connectivity index (χ0v) is 13.6. The molecule has 0 radical (unpaired) electrons. The van der Waals surface area contributed by atoms with Gasteiger partial charge in [0, 0.05) is 17.4 Å². The van der Waals surface area contributed by atoms with Gasteiger partial charge in [0.15, 0.2) is 0 Å². The van der Waals surface area contributed by atoms with Crippen LogP contribution in [0.4, 0.5) is 16.2 Å². The van der Waals surface area contributed by atoms with E-state index in [1.807, 2.05) is 45.0 Å². The van der Waals surface area contributed by atoms with E-state index in [9.17, 15) is 4.79 Å². The summed E-state index contributed by atoms with van der Waals surface area (Å²) < 4.78 is 5.26. The number of anilines is 2. The summed E-state index contributed by atoms with van der Waals surface area (Å²) in [6.07, 6.45) is 2.12. The summed E-state index contributed by atoms with van der Waals surface area (Å²) in [4.78, 5) is 11.8. The van der Waals surface area contributed by atoms with Gasteiger partial charge in [0.25, 0.3) is 0 Å². The standard InChI is InChI=1S/C17H26N2O2/c1-12(17(5)9-10-17)18-13-7-6-8-14(11-13)19-15(20)21-16(2,3)4/h6-8,11-12,18H,9-10H2,1-5H3,(H,19,20). The predicted molar refractivity (Wildman–Crippen MR) is 86.7 cm³/mol. The summed E-state index contributed by atoms with van der Waals surface area (Å²) in [6, 6.07) is 8.17. The fourth-order valence-electron chi connectivity index (χ4n) is 2.16. The Kier molecular flexibility index (Phi) is 4.17. The third kappa shape index (κ3) is 4.66. The van der Waals surface area contributed by atoms with Crippen LogP contribution >= 0.6 is 0 Å². The van der Waals surface area contributed by atoms with E-state index in [0.29, 0.717) is 11.5 Å². The Morgan fingerprint density at radius 2 is 1.90 bits per heavy atom. The fourth-order valence-corrected chi connectivity index (χ4v) is 2.16. The van der Waals surface area contributed by atoms with Crippen LogP contribution in [-0.2, 0) is 4.74 Å². The van der Waals surface area contributed by atoms with Gasteiger partial charge in [-0.15, -0.1) is 0 Å². The van der Waals surface area contributed by atoms with Crippen molar-refractivity contribution in [2.45, 2.75) is 59.1 Å². The summed E-state index contributed by atoms with van der Waals surface area (Å²) in [5, 5.41) is 6.28. The highest BCUT2D eigenvalue weighted by atomic mass is 16.6. The minimum Gasteiger partial charge on any atom is -0.444 e. The quantitative estimate of drug-likeness (QED) is 0.849. The fraction of sp³-hybridized carbons (Fsp3) is 0.588. The first-order valence-corrected chi connectivity index (χ1v) is 7.55. The van der Waals surface area contributed by atoms with Crippen molar-refractivity contribution < 1.29 is 9.53 Å². The molecular formula is C17H26N2O2. The monoisotopic (exact) mass is 290 g/mol. The van der Waals surface area contributed by atoms with Crippen molar-refractivity contribution >= 4 is 17.5 Å². The van der Waals surface area contributed by atoms with Crippen molar-refractivity contribution in [1.29, 1.82) is 0 Å². The number of rotatable bonds is 4. The normalized spacial score (nSPS) is 17.8. The van der Waals surface area contributed by atoms with Gasteiger partial charge in [0.2, 0.25) is 0 Å². The summed E-state index contributed by atoms with van der Waals surface area (Å²) in [7, 11) is 0. The average Bonchev–Trinajstić information content (AvgIpc) is 3.06. The Hall–Kier alpha value is -1.71. The molecule has 0 saturated heterocycles. The highest BCUT2D eigenvalue weighted by molar-refractivity contribution is 5.85. The molecule has 1 atom stereocenters. The Morgan fingerprint density at radius 3 is 2.48 bits per heavy atom. The van der Waals surface area contributed by atoms with Gasteiger partial charge in [-0.05, 0) is 64.2 Å². The molecule has 4 heteroatoms. The smallest absolute Gasteiger partial charge is 0.412 e. The maximum Gasteiger partial charge on any atom is 0.412 e. The molecule has 0 bridgehead atoms. The number of nitrogens with one attached hydrogen (secondary N) is 2. The molecule has 0 aromatic heterocycles. The van der Waals surface area contributed by atoms with E-state index >= 15 is 0 Å². The molecule has 1 aliphatic rings. The number of carbonyl (C=O) groups is 1. The van der Waals surface area contributed by atoms with Crippen LogP contribution in [0.15, 0.2) is 24.3 Å². The van der Waals surface area contributed by atoms with Gasteiger partial charge in [0.05, 0.1) is 0 Å². The van der Waals surface area contributed by atoms with Crippen LogP contribution < -0.4 is 10.6 Å². The molecule has 2 rings (SSSR count). The summed E-state index contributed by atoms with van der Waals surface area (Å²) >= 11 is 0. The number of amides is 1. The lowest BCUT2D eigenvalue weighted by atomic mass is 10.0. The zero-order valence-electron chi connectivity index (χ0n) is 13.6. The van der Waals surface area contributed by atoms with Gasteiger partial charge in [-0.1, -0.05) is 13.0 Å². The minimum absolute atomic E-state index is 0.411. The van der Waals surface area contributed by atoms with Gasteiger partial charge in [-0.25, -0.2) is 4.79 Å².